The van der Waals surface area contributed by atoms with Crippen LogP contribution < -0.4 is 5.32 Å². The summed E-state index contributed by atoms with van der Waals surface area (Å²) in [6.45, 7) is 11.8. The Balaban J connectivity index is 2.43. The summed E-state index contributed by atoms with van der Waals surface area (Å²) in [5.41, 5.74) is 0.556. The summed E-state index contributed by atoms with van der Waals surface area (Å²) in [6.07, 6.45) is 8.60. The number of nitrogens with one attached hydrogen (secondary N) is 1. The summed E-state index contributed by atoms with van der Waals surface area (Å²) in [6, 6.07) is 0. The first-order valence-corrected chi connectivity index (χ1v) is 7.29. The normalized spacial score (nSPS) is 21.6. The third kappa shape index (κ3) is 4.08. The zero-order valence-corrected chi connectivity index (χ0v) is 11.8. The monoisotopic (exact) mass is 225 g/mol. The van der Waals surface area contributed by atoms with Gasteiger partial charge in [-0.3, -0.25) is 0 Å². The van der Waals surface area contributed by atoms with Gasteiger partial charge in [0.2, 0.25) is 0 Å². The Kier molecular flexibility index (Phi) is 5.82. The Morgan fingerprint density at radius 2 is 1.88 bits per heavy atom. The minimum Gasteiger partial charge on any atom is -0.316 e. The molecule has 1 rings (SSSR count). The van der Waals surface area contributed by atoms with Crippen LogP contribution in [0.4, 0.5) is 0 Å². The lowest BCUT2D eigenvalue weighted by Gasteiger charge is -2.36. The molecule has 0 aromatic heterocycles. The van der Waals surface area contributed by atoms with Gasteiger partial charge in [-0.2, -0.15) is 0 Å². The Bertz CT molecular complexity index is 182. The van der Waals surface area contributed by atoms with Crippen LogP contribution >= 0.6 is 0 Å². The van der Waals surface area contributed by atoms with Crippen LogP contribution in [0, 0.1) is 17.3 Å². The predicted octanol–water partition coefficient (Wildman–Crippen LogP) is 4.23. The van der Waals surface area contributed by atoms with Crippen molar-refractivity contribution in [3.05, 3.63) is 0 Å². The molecule has 16 heavy (non-hydrogen) atoms. The molecule has 1 unspecified atom stereocenters. The molecular formula is C15H31N. The predicted molar refractivity (Wildman–Crippen MR) is 72.7 cm³/mol. The van der Waals surface area contributed by atoms with Crippen molar-refractivity contribution in [1.29, 1.82) is 0 Å². The maximum atomic E-state index is 3.69. The topological polar surface area (TPSA) is 12.0 Å². The molecule has 0 radical (unpaired) electrons. The van der Waals surface area contributed by atoms with E-state index in [1.165, 1.54) is 51.6 Å². The molecule has 0 heterocycles. The Hall–Kier alpha value is -0.0400. The van der Waals surface area contributed by atoms with Gasteiger partial charge >= 0.3 is 0 Å². The number of hydrogen-bond donors (Lipinski definition) is 1. The van der Waals surface area contributed by atoms with Gasteiger partial charge in [-0.15, -0.1) is 0 Å². The van der Waals surface area contributed by atoms with E-state index in [0.29, 0.717) is 5.41 Å². The van der Waals surface area contributed by atoms with Crippen molar-refractivity contribution in [3.63, 3.8) is 0 Å². The highest BCUT2D eigenvalue weighted by Crippen LogP contribution is 2.42. The number of rotatable bonds is 7. The molecule has 96 valence electrons. The lowest BCUT2D eigenvalue weighted by Crippen LogP contribution is -2.38. The maximum absolute atomic E-state index is 3.69. The van der Waals surface area contributed by atoms with E-state index in [-0.39, 0.29) is 0 Å². The van der Waals surface area contributed by atoms with Crippen molar-refractivity contribution in [2.45, 2.75) is 66.2 Å². The van der Waals surface area contributed by atoms with Gasteiger partial charge in [0.25, 0.3) is 0 Å². The molecule has 0 amide bonds. The van der Waals surface area contributed by atoms with E-state index in [4.69, 9.17) is 0 Å². The van der Waals surface area contributed by atoms with Crippen LogP contribution in [0.3, 0.4) is 0 Å². The van der Waals surface area contributed by atoms with Crippen LogP contribution in [-0.2, 0) is 0 Å². The van der Waals surface area contributed by atoms with Gasteiger partial charge in [-0.25, -0.2) is 0 Å². The molecule has 1 aliphatic carbocycles. The molecule has 1 nitrogen and oxygen atoms in total. The van der Waals surface area contributed by atoms with Crippen molar-refractivity contribution in [2.24, 2.45) is 17.3 Å². The quantitative estimate of drug-likeness (QED) is 0.684. The van der Waals surface area contributed by atoms with Crippen LogP contribution in [0.2, 0.25) is 0 Å². The zero-order chi connectivity index (χ0) is 12.0. The molecule has 0 spiro atoms. The van der Waals surface area contributed by atoms with Crippen LogP contribution in [0.15, 0.2) is 0 Å². The van der Waals surface area contributed by atoms with E-state index in [0.717, 1.165) is 11.8 Å². The van der Waals surface area contributed by atoms with Gasteiger partial charge < -0.3 is 5.32 Å². The van der Waals surface area contributed by atoms with E-state index in [9.17, 15) is 0 Å². The molecule has 1 N–H and O–H groups in total. The van der Waals surface area contributed by atoms with E-state index < -0.39 is 0 Å². The summed E-state index contributed by atoms with van der Waals surface area (Å²) in [7, 11) is 0. The van der Waals surface area contributed by atoms with Crippen molar-refractivity contribution in [2.75, 3.05) is 13.1 Å². The lowest BCUT2D eigenvalue weighted by atomic mass is 9.72. The lowest BCUT2D eigenvalue weighted by molar-refractivity contribution is 0.163. The van der Waals surface area contributed by atoms with Gasteiger partial charge in [-0.05, 0) is 43.1 Å². The average molecular weight is 225 g/mol. The van der Waals surface area contributed by atoms with Gasteiger partial charge in [-0.1, -0.05) is 47.0 Å². The smallest absolute Gasteiger partial charge is 0.000792 e. The molecule has 1 atom stereocenters. The fraction of sp³-hybridized carbons (Fsp3) is 1.00. The summed E-state index contributed by atoms with van der Waals surface area (Å²) in [4.78, 5) is 0. The molecule has 1 aliphatic rings. The summed E-state index contributed by atoms with van der Waals surface area (Å²) in [5, 5.41) is 3.69. The standard InChI is InChI=1S/C15H31N/c1-5-10-15(4,12-16-11-13(2)3)14-8-6-7-9-14/h13-14,16H,5-12H2,1-4H3. The first-order valence-electron chi connectivity index (χ1n) is 7.29. The zero-order valence-electron chi connectivity index (χ0n) is 11.8. The Morgan fingerprint density at radius 3 is 2.38 bits per heavy atom. The molecule has 0 aromatic rings. The van der Waals surface area contributed by atoms with Crippen molar-refractivity contribution in [3.8, 4) is 0 Å². The minimum absolute atomic E-state index is 0.556. The molecule has 0 aromatic carbocycles. The highest BCUT2D eigenvalue weighted by molar-refractivity contribution is 4.87. The summed E-state index contributed by atoms with van der Waals surface area (Å²) in [5.74, 6) is 1.75. The first kappa shape index (κ1) is 14.0. The second-order valence-corrected chi connectivity index (χ2v) is 6.41. The Morgan fingerprint density at radius 1 is 1.25 bits per heavy atom. The Labute approximate surface area is 102 Å². The van der Waals surface area contributed by atoms with E-state index in [1.54, 1.807) is 0 Å². The van der Waals surface area contributed by atoms with Crippen LogP contribution in [0.25, 0.3) is 0 Å². The first-order chi connectivity index (χ1) is 7.58. The molecular weight excluding hydrogens is 194 g/mol. The highest BCUT2D eigenvalue weighted by atomic mass is 14.9. The largest absolute Gasteiger partial charge is 0.316 e. The highest BCUT2D eigenvalue weighted by Gasteiger charge is 2.34. The van der Waals surface area contributed by atoms with Gasteiger partial charge in [0, 0.05) is 6.54 Å². The van der Waals surface area contributed by atoms with E-state index in [1.807, 2.05) is 0 Å². The third-order valence-electron chi connectivity index (χ3n) is 4.24. The average Bonchev–Trinajstić information content (AvgIpc) is 2.70. The maximum Gasteiger partial charge on any atom is 0.000792 e. The molecule has 0 bridgehead atoms. The van der Waals surface area contributed by atoms with Gasteiger partial charge in [0.15, 0.2) is 0 Å². The molecule has 1 saturated carbocycles. The SMILES string of the molecule is CCCC(C)(CNCC(C)C)C1CCCC1. The van der Waals surface area contributed by atoms with E-state index in [2.05, 4.69) is 33.0 Å². The van der Waals surface area contributed by atoms with E-state index >= 15 is 0 Å². The number of hydrogen-bond acceptors (Lipinski definition) is 1. The molecule has 1 fully saturated rings. The van der Waals surface area contributed by atoms with Crippen molar-refractivity contribution < 1.29 is 0 Å². The molecule has 0 saturated heterocycles. The third-order valence-corrected chi connectivity index (χ3v) is 4.24. The molecule has 1 heteroatoms. The second kappa shape index (κ2) is 6.64. The van der Waals surface area contributed by atoms with Crippen LogP contribution in [0.5, 0.6) is 0 Å². The fourth-order valence-corrected chi connectivity index (χ4v) is 3.28. The van der Waals surface area contributed by atoms with Crippen molar-refractivity contribution >= 4 is 0 Å². The fourth-order valence-electron chi connectivity index (χ4n) is 3.28. The van der Waals surface area contributed by atoms with Crippen molar-refractivity contribution in [1.82, 2.24) is 5.32 Å². The van der Waals surface area contributed by atoms with Gasteiger partial charge in [0.1, 0.15) is 0 Å². The minimum atomic E-state index is 0.556. The van der Waals surface area contributed by atoms with Gasteiger partial charge in [0.05, 0.1) is 0 Å². The summed E-state index contributed by atoms with van der Waals surface area (Å²) < 4.78 is 0. The second-order valence-electron chi connectivity index (χ2n) is 6.41. The van der Waals surface area contributed by atoms with Crippen LogP contribution in [-0.4, -0.2) is 13.1 Å². The van der Waals surface area contributed by atoms with Crippen LogP contribution in [0.1, 0.15) is 66.2 Å². The molecule has 0 aliphatic heterocycles. The summed E-state index contributed by atoms with van der Waals surface area (Å²) >= 11 is 0.